The summed E-state index contributed by atoms with van der Waals surface area (Å²) < 4.78 is 10.8. The normalized spacial score (nSPS) is 10.9. The van der Waals surface area contributed by atoms with Crippen LogP contribution >= 0.6 is 0 Å². The molecule has 0 N–H and O–H groups in total. The van der Waals surface area contributed by atoms with Crippen LogP contribution in [0.4, 0.5) is 0 Å². The van der Waals surface area contributed by atoms with Crippen LogP contribution in [0.5, 0.6) is 5.75 Å². The van der Waals surface area contributed by atoms with Crippen LogP contribution < -0.4 is 4.74 Å². The number of aryl methyl sites for hydroxylation is 2. The Hall–Kier alpha value is -2.81. The van der Waals surface area contributed by atoms with E-state index in [1.54, 1.807) is 0 Å². The van der Waals surface area contributed by atoms with Crippen molar-refractivity contribution in [3.05, 3.63) is 77.4 Å². The van der Waals surface area contributed by atoms with Gasteiger partial charge >= 0.3 is 5.97 Å². The molecule has 0 atom stereocenters. The van der Waals surface area contributed by atoms with Crippen molar-refractivity contribution in [2.75, 3.05) is 7.11 Å². The number of benzene rings is 3. The number of methoxy groups -OCH3 is 1. The van der Waals surface area contributed by atoms with E-state index in [9.17, 15) is 4.79 Å². The van der Waals surface area contributed by atoms with Gasteiger partial charge in [0.15, 0.2) is 0 Å². The summed E-state index contributed by atoms with van der Waals surface area (Å²) in [5.74, 6) is 0.234. The Labute approximate surface area is 154 Å². The van der Waals surface area contributed by atoms with Crippen LogP contribution in [0, 0.1) is 0 Å². The third-order valence-electron chi connectivity index (χ3n) is 4.36. The predicted molar refractivity (Wildman–Crippen MR) is 105 cm³/mol. The lowest BCUT2D eigenvalue weighted by Crippen LogP contribution is -2.13. The Morgan fingerprint density at radius 1 is 0.923 bits per heavy atom. The summed E-state index contributed by atoms with van der Waals surface area (Å²) in [6, 6.07) is 20.6. The van der Waals surface area contributed by atoms with E-state index in [0.717, 1.165) is 18.4 Å². The summed E-state index contributed by atoms with van der Waals surface area (Å²) in [6.07, 6.45) is 1.59. The van der Waals surface area contributed by atoms with Gasteiger partial charge in [0.25, 0.3) is 0 Å². The molecule has 3 aromatic rings. The number of ether oxygens (including phenoxy) is 2. The zero-order valence-electron chi connectivity index (χ0n) is 15.5. The van der Waals surface area contributed by atoms with E-state index in [1.165, 1.54) is 23.4 Å². The van der Waals surface area contributed by atoms with Crippen LogP contribution in [-0.2, 0) is 17.6 Å². The van der Waals surface area contributed by atoms with Gasteiger partial charge in [0.05, 0.1) is 13.2 Å². The van der Waals surface area contributed by atoms with Gasteiger partial charge in [-0.05, 0) is 54.7 Å². The maximum absolute atomic E-state index is 12.3. The second-order valence-corrected chi connectivity index (χ2v) is 6.63. The van der Waals surface area contributed by atoms with Gasteiger partial charge in [-0.3, -0.25) is 0 Å². The summed E-state index contributed by atoms with van der Waals surface area (Å²) in [4.78, 5) is 12.3. The fraction of sp³-hybridized carbons (Fsp3) is 0.261. The Morgan fingerprint density at radius 2 is 1.69 bits per heavy atom. The van der Waals surface area contributed by atoms with Crippen molar-refractivity contribution < 1.29 is 14.3 Å². The van der Waals surface area contributed by atoms with Gasteiger partial charge in [-0.2, -0.15) is 0 Å². The highest BCUT2D eigenvalue weighted by Crippen LogP contribution is 2.26. The van der Waals surface area contributed by atoms with Gasteiger partial charge in [-0.25, -0.2) is 4.79 Å². The van der Waals surface area contributed by atoms with Gasteiger partial charge in [0, 0.05) is 0 Å². The summed E-state index contributed by atoms with van der Waals surface area (Å²) in [5.41, 5.74) is 2.72. The van der Waals surface area contributed by atoms with Crippen LogP contribution in [0.1, 0.15) is 35.3 Å². The molecule has 0 spiro atoms. The van der Waals surface area contributed by atoms with E-state index in [1.807, 2.05) is 44.2 Å². The molecular weight excluding hydrogens is 324 g/mol. The van der Waals surface area contributed by atoms with Crippen LogP contribution in [0.15, 0.2) is 60.7 Å². The number of hydrogen-bond donors (Lipinski definition) is 0. The zero-order valence-corrected chi connectivity index (χ0v) is 15.5. The fourth-order valence-corrected chi connectivity index (χ4v) is 3.14. The van der Waals surface area contributed by atoms with Crippen LogP contribution in [0.2, 0.25) is 0 Å². The minimum Gasteiger partial charge on any atom is -0.490 e. The summed E-state index contributed by atoms with van der Waals surface area (Å²) in [6.45, 7) is 3.89. The maximum atomic E-state index is 12.3. The fourth-order valence-electron chi connectivity index (χ4n) is 3.14. The SMILES string of the molecule is COC(=O)c1c(CCc2ccc3ccccc3c2)cccc1OC(C)C. The van der Waals surface area contributed by atoms with Gasteiger partial charge in [-0.1, -0.05) is 54.6 Å². The number of esters is 1. The molecule has 0 aromatic heterocycles. The van der Waals surface area contributed by atoms with E-state index in [4.69, 9.17) is 9.47 Å². The predicted octanol–water partition coefficient (Wildman–Crippen LogP) is 5.20. The molecule has 0 aliphatic heterocycles. The summed E-state index contributed by atoms with van der Waals surface area (Å²) in [7, 11) is 1.40. The molecule has 134 valence electrons. The van der Waals surface area contributed by atoms with Crippen molar-refractivity contribution in [1.82, 2.24) is 0 Å². The smallest absolute Gasteiger partial charge is 0.341 e. The Kier molecular flexibility index (Phi) is 5.57. The number of carbonyl (C=O) groups excluding carboxylic acids is 1. The van der Waals surface area contributed by atoms with Crippen molar-refractivity contribution in [2.24, 2.45) is 0 Å². The molecule has 0 bridgehead atoms. The lowest BCUT2D eigenvalue weighted by molar-refractivity contribution is 0.0593. The first-order valence-corrected chi connectivity index (χ1v) is 8.93. The first-order chi connectivity index (χ1) is 12.6. The number of carbonyl (C=O) groups is 1. The molecule has 0 aliphatic rings. The quantitative estimate of drug-likeness (QED) is 0.575. The maximum Gasteiger partial charge on any atom is 0.341 e. The average molecular weight is 348 g/mol. The lowest BCUT2D eigenvalue weighted by Gasteiger charge is -2.16. The van der Waals surface area contributed by atoms with Crippen molar-refractivity contribution in [3.63, 3.8) is 0 Å². The molecule has 0 radical (unpaired) electrons. The van der Waals surface area contributed by atoms with E-state index in [2.05, 4.69) is 30.3 Å². The van der Waals surface area contributed by atoms with E-state index >= 15 is 0 Å². The van der Waals surface area contributed by atoms with Crippen molar-refractivity contribution >= 4 is 16.7 Å². The Morgan fingerprint density at radius 3 is 2.42 bits per heavy atom. The minimum absolute atomic E-state index is 0.00542. The molecule has 3 heteroatoms. The van der Waals surface area contributed by atoms with E-state index < -0.39 is 0 Å². The Balaban J connectivity index is 1.87. The Bertz CT molecular complexity index is 912. The van der Waals surface area contributed by atoms with Crippen molar-refractivity contribution in [2.45, 2.75) is 32.8 Å². The zero-order chi connectivity index (χ0) is 18.5. The monoisotopic (exact) mass is 348 g/mol. The first-order valence-electron chi connectivity index (χ1n) is 8.93. The highest BCUT2D eigenvalue weighted by molar-refractivity contribution is 5.94. The topological polar surface area (TPSA) is 35.5 Å². The molecule has 26 heavy (non-hydrogen) atoms. The first kappa shape index (κ1) is 18.0. The van der Waals surface area contributed by atoms with Crippen LogP contribution in [0.3, 0.4) is 0 Å². The second-order valence-electron chi connectivity index (χ2n) is 6.63. The minimum atomic E-state index is -0.352. The molecule has 3 rings (SSSR count). The van der Waals surface area contributed by atoms with Crippen LogP contribution in [0.25, 0.3) is 10.8 Å². The largest absolute Gasteiger partial charge is 0.490 e. The number of hydrogen-bond acceptors (Lipinski definition) is 3. The van der Waals surface area contributed by atoms with E-state index in [0.29, 0.717) is 11.3 Å². The molecule has 0 saturated heterocycles. The summed E-state index contributed by atoms with van der Waals surface area (Å²) >= 11 is 0. The third kappa shape index (κ3) is 4.05. The standard InChI is InChI=1S/C23H24O3/c1-16(2)26-21-10-6-9-19(22(21)23(24)25-3)14-12-17-11-13-18-7-4-5-8-20(18)15-17/h4-11,13,15-16H,12,14H2,1-3H3. The molecule has 0 fully saturated rings. The molecule has 0 saturated carbocycles. The van der Waals surface area contributed by atoms with E-state index in [-0.39, 0.29) is 12.1 Å². The summed E-state index contributed by atoms with van der Waals surface area (Å²) in [5, 5.41) is 2.47. The lowest BCUT2D eigenvalue weighted by atomic mass is 9.97. The average Bonchev–Trinajstić information content (AvgIpc) is 2.65. The highest BCUT2D eigenvalue weighted by Gasteiger charge is 2.18. The van der Waals surface area contributed by atoms with Crippen molar-refractivity contribution in [3.8, 4) is 5.75 Å². The van der Waals surface area contributed by atoms with Gasteiger partial charge in [0.2, 0.25) is 0 Å². The molecule has 0 aliphatic carbocycles. The van der Waals surface area contributed by atoms with Gasteiger partial charge < -0.3 is 9.47 Å². The van der Waals surface area contributed by atoms with Crippen molar-refractivity contribution in [1.29, 1.82) is 0 Å². The molecule has 0 unspecified atom stereocenters. The van der Waals surface area contributed by atoms with Gasteiger partial charge in [0.1, 0.15) is 11.3 Å². The molecule has 3 aromatic carbocycles. The van der Waals surface area contributed by atoms with Crippen LogP contribution in [-0.4, -0.2) is 19.2 Å². The molecular formula is C23H24O3. The van der Waals surface area contributed by atoms with Gasteiger partial charge in [-0.15, -0.1) is 0 Å². The molecule has 0 amide bonds. The molecule has 3 nitrogen and oxygen atoms in total. The third-order valence-corrected chi connectivity index (χ3v) is 4.36. The number of rotatable bonds is 6. The number of fused-ring (bicyclic) bond motifs is 1. The molecule has 0 heterocycles. The second kappa shape index (κ2) is 8.05. The highest BCUT2D eigenvalue weighted by atomic mass is 16.5.